The number of hydrogen-bond donors (Lipinski definition) is 2. The summed E-state index contributed by atoms with van der Waals surface area (Å²) in [7, 11) is 0. The number of aliphatic hydroxyl groups excluding tert-OH is 1. The van der Waals surface area contributed by atoms with Crippen molar-refractivity contribution in [3.63, 3.8) is 0 Å². The zero-order valence-corrected chi connectivity index (χ0v) is 14.5. The maximum absolute atomic E-state index is 12.5. The van der Waals surface area contributed by atoms with Crippen molar-refractivity contribution >= 4 is 34.4 Å². The van der Waals surface area contributed by atoms with E-state index in [2.05, 4.69) is 10.4 Å². The summed E-state index contributed by atoms with van der Waals surface area (Å²) < 4.78 is 1.63. The van der Waals surface area contributed by atoms with Crippen molar-refractivity contribution < 1.29 is 9.90 Å². The number of aromatic nitrogens is 2. The van der Waals surface area contributed by atoms with E-state index in [4.69, 9.17) is 0 Å². The summed E-state index contributed by atoms with van der Waals surface area (Å²) in [6.45, 7) is 4.25. The van der Waals surface area contributed by atoms with Gasteiger partial charge in [-0.25, -0.2) is 4.68 Å². The van der Waals surface area contributed by atoms with Gasteiger partial charge in [0, 0.05) is 16.3 Å². The number of aliphatic hydroxyl groups is 1. The molecule has 0 spiro atoms. The number of thiophene rings is 2. The maximum atomic E-state index is 12.5. The van der Waals surface area contributed by atoms with E-state index in [1.165, 1.54) is 0 Å². The number of aryl methyl sites for hydroxylation is 1. The molecule has 3 rings (SSSR count). The largest absolute Gasteiger partial charge is 0.394 e. The van der Waals surface area contributed by atoms with Gasteiger partial charge in [-0.3, -0.25) is 4.79 Å². The number of nitrogens with zero attached hydrogens (tertiary/aromatic N) is 2. The quantitative estimate of drug-likeness (QED) is 0.742. The molecule has 0 saturated heterocycles. The molecule has 7 heteroatoms. The van der Waals surface area contributed by atoms with Crippen molar-refractivity contribution in [3.8, 4) is 10.6 Å². The van der Waals surface area contributed by atoms with Gasteiger partial charge < -0.3 is 10.4 Å². The lowest BCUT2D eigenvalue weighted by Crippen LogP contribution is -2.17. The Balaban J connectivity index is 1.89. The number of amides is 1. The molecule has 0 saturated carbocycles. The Kier molecular flexibility index (Phi) is 4.61. The lowest BCUT2D eigenvalue weighted by Gasteiger charge is -2.07. The molecule has 0 fully saturated rings. The van der Waals surface area contributed by atoms with Gasteiger partial charge in [0.1, 0.15) is 11.5 Å². The first-order valence-corrected chi connectivity index (χ1v) is 8.94. The summed E-state index contributed by atoms with van der Waals surface area (Å²) >= 11 is 3.15. The molecule has 3 aromatic rings. The van der Waals surface area contributed by atoms with Crippen molar-refractivity contribution in [3.05, 3.63) is 45.0 Å². The van der Waals surface area contributed by atoms with Gasteiger partial charge in [0.05, 0.1) is 23.6 Å². The summed E-state index contributed by atoms with van der Waals surface area (Å²) in [4.78, 5) is 14.7. The minimum absolute atomic E-state index is 0.0367. The minimum Gasteiger partial charge on any atom is -0.394 e. The second kappa shape index (κ2) is 6.66. The molecule has 3 aromatic heterocycles. The average Bonchev–Trinajstić information content (AvgIpc) is 3.23. The van der Waals surface area contributed by atoms with Crippen molar-refractivity contribution in [2.45, 2.75) is 20.4 Å². The van der Waals surface area contributed by atoms with Gasteiger partial charge in [0.25, 0.3) is 5.91 Å². The van der Waals surface area contributed by atoms with Gasteiger partial charge in [-0.2, -0.15) is 5.10 Å². The van der Waals surface area contributed by atoms with Crippen molar-refractivity contribution in [2.75, 3.05) is 11.9 Å². The first-order chi connectivity index (χ1) is 11.1. The van der Waals surface area contributed by atoms with Crippen molar-refractivity contribution in [2.24, 2.45) is 0 Å². The Bertz CT molecular complexity index is 819. The van der Waals surface area contributed by atoms with Crippen LogP contribution < -0.4 is 5.32 Å². The fraction of sp³-hybridized carbons (Fsp3) is 0.250. The average molecular weight is 347 g/mol. The maximum Gasteiger partial charge on any atom is 0.257 e. The van der Waals surface area contributed by atoms with Crippen LogP contribution in [0.2, 0.25) is 0 Å². The highest BCUT2D eigenvalue weighted by molar-refractivity contribution is 7.13. The highest BCUT2D eigenvalue weighted by Crippen LogP contribution is 2.27. The molecule has 0 aromatic carbocycles. The molecule has 23 heavy (non-hydrogen) atoms. The smallest absolute Gasteiger partial charge is 0.257 e. The topological polar surface area (TPSA) is 67.2 Å². The third-order valence-electron chi connectivity index (χ3n) is 3.64. The number of carbonyl (C=O) groups is 1. The first-order valence-electron chi connectivity index (χ1n) is 7.18. The summed E-state index contributed by atoms with van der Waals surface area (Å²) in [5.41, 5.74) is 2.48. The molecule has 1 amide bonds. The van der Waals surface area contributed by atoms with E-state index in [1.54, 1.807) is 27.4 Å². The van der Waals surface area contributed by atoms with Crippen LogP contribution in [0.1, 0.15) is 20.8 Å². The van der Waals surface area contributed by atoms with Crippen LogP contribution in [0.4, 0.5) is 5.82 Å². The van der Waals surface area contributed by atoms with Crippen LogP contribution in [0.3, 0.4) is 0 Å². The predicted molar refractivity (Wildman–Crippen MR) is 94.4 cm³/mol. The Labute approximate surface area is 142 Å². The second-order valence-electron chi connectivity index (χ2n) is 5.12. The highest BCUT2D eigenvalue weighted by Gasteiger charge is 2.16. The van der Waals surface area contributed by atoms with Gasteiger partial charge in [-0.15, -0.1) is 22.7 Å². The molecular formula is C16H17N3O2S2. The molecule has 0 atom stereocenters. The van der Waals surface area contributed by atoms with E-state index in [0.29, 0.717) is 17.9 Å². The SMILES string of the molecule is Cc1scc(C(=O)Nc2cc(-c3cccs3)nn2CCO)c1C. The van der Waals surface area contributed by atoms with E-state index < -0.39 is 0 Å². The lowest BCUT2D eigenvalue weighted by molar-refractivity contribution is 0.102. The number of rotatable bonds is 5. The van der Waals surface area contributed by atoms with Crippen LogP contribution in [0.25, 0.3) is 10.6 Å². The normalized spacial score (nSPS) is 10.9. The van der Waals surface area contributed by atoms with E-state index in [9.17, 15) is 9.90 Å². The Morgan fingerprint density at radius 1 is 1.39 bits per heavy atom. The summed E-state index contributed by atoms with van der Waals surface area (Å²) in [6.07, 6.45) is 0. The lowest BCUT2D eigenvalue weighted by atomic mass is 10.1. The van der Waals surface area contributed by atoms with E-state index in [-0.39, 0.29) is 12.5 Å². The number of anilines is 1. The molecule has 0 unspecified atom stereocenters. The molecule has 0 radical (unpaired) electrons. The molecule has 3 heterocycles. The molecule has 0 aliphatic carbocycles. The third kappa shape index (κ3) is 3.21. The van der Waals surface area contributed by atoms with Crippen LogP contribution in [-0.2, 0) is 6.54 Å². The van der Waals surface area contributed by atoms with Crippen LogP contribution in [0.15, 0.2) is 29.0 Å². The Morgan fingerprint density at radius 3 is 2.83 bits per heavy atom. The minimum atomic E-state index is -0.149. The number of nitrogens with one attached hydrogen (secondary N) is 1. The molecule has 0 aliphatic heterocycles. The standard InChI is InChI=1S/C16H17N3O2S2/c1-10-11(2)23-9-12(10)16(21)17-15-8-13(14-4-3-7-22-14)18-19(15)5-6-20/h3-4,7-9,20H,5-6H2,1-2H3,(H,17,21). The summed E-state index contributed by atoms with van der Waals surface area (Å²) in [5.74, 6) is 0.444. The number of hydrogen-bond acceptors (Lipinski definition) is 5. The zero-order chi connectivity index (χ0) is 16.4. The van der Waals surface area contributed by atoms with E-state index in [0.717, 1.165) is 21.0 Å². The Hall–Kier alpha value is -1.96. The number of carbonyl (C=O) groups excluding carboxylic acids is 1. The van der Waals surface area contributed by atoms with Crippen LogP contribution in [0, 0.1) is 13.8 Å². The van der Waals surface area contributed by atoms with Gasteiger partial charge in [0.15, 0.2) is 0 Å². The zero-order valence-electron chi connectivity index (χ0n) is 12.9. The van der Waals surface area contributed by atoms with Gasteiger partial charge in [0.2, 0.25) is 0 Å². The Morgan fingerprint density at radius 2 is 2.22 bits per heavy atom. The van der Waals surface area contributed by atoms with Gasteiger partial charge in [-0.1, -0.05) is 6.07 Å². The third-order valence-corrected chi connectivity index (χ3v) is 5.54. The van der Waals surface area contributed by atoms with Crippen molar-refractivity contribution in [1.82, 2.24) is 9.78 Å². The van der Waals surface area contributed by atoms with E-state index in [1.807, 2.05) is 42.8 Å². The molecule has 0 aliphatic rings. The van der Waals surface area contributed by atoms with Crippen LogP contribution >= 0.6 is 22.7 Å². The fourth-order valence-electron chi connectivity index (χ4n) is 2.25. The van der Waals surface area contributed by atoms with E-state index >= 15 is 0 Å². The second-order valence-corrected chi connectivity index (χ2v) is 7.16. The molecular weight excluding hydrogens is 330 g/mol. The summed E-state index contributed by atoms with van der Waals surface area (Å²) in [6, 6.07) is 5.78. The van der Waals surface area contributed by atoms with Crippen LogP contribution in [0.5, 0.6) is 0 Å². The predicted octanol–water partition coefficient (Wildman–Crippen LogP) is 3.53. The van der Waals surface area contributed by atoms with Crippen molar-refractivity contribution in [1.29, 1.82) is 0 Å². The van der Waals surface area contributed by atoms with Gasteiger partial charge in [-0.05, 0) is 30.9 Å². The molecule has 5 nitrogen and oxygen atoms in total. The van der Waals surface area contributed by atoms with Gasteiger partial charge >= 0.3 is 0 Å². The molecule has 0 bridgehead atoms. The first kappa shape index (κ1) is 15.9. The molecule has 2 N–H and O–H groups in total. The molecule has 120 valence electrons. The van der Waals surface area contributed by atoms with Crippen LogP contribution in [-0.4, -0.2) is 27.4 Å². The fourth-order valence-corrected chi connectivity index (χ4v) is 3.80. The summed E-state index contributed by atoms with van der Waals surface area (Å²) in [5, 5.41) is 20.4. The monoisotopic (exact) mass is 347 g/mol. The highest BCUT2D eigenvalue weighted by atomic mass is 32.1.